The summed E-state index contributed by atoms with van der Waals surface area (Å²) in [6, 6.07) is 3.58. The number of nitrogens with two attached hydrogens (primary N) is 1. The molecule has 0 radical (unpaired) electrons. The number of nitrogen functional groups attached to an aromatic ring is 1. The fraction of sp³-hybridized carbons (Fsp3) is 0.0714. The van der Waals surface area contributed by atoms with Gasteiger partial charge in [0.2, 0.25) is 5.95 Å². The zero-order chi connectivity index (χ0) is 15.3. The Hall–Kier alpha value is -2.57. The second kappa shape index (κ2) is 4.47. The van der Waals surface area contributed by atoms with E-state index in [4.69, 9.17) is 5.73 Å². The third kappa shape index (κ3) is 2.01. The topological polar surface area (TPSA) is 43.8 Å². The van der Waals surface area contributed by atoms with Crippen LogP contribution in [0.1, 0.15) is 5.56 Å². The summed E-state index contributed by atoms with van der Waals surface area (Å²) in [7, 11) is 0. The van der Waals surface area contributed by atoms with Crippen molar-refractivity contribution in [3.63, 3.8) is 0 Å². The average molecular weight is 295 g/mol. The molecule has 3 nitrogen and oxygen atoms in total. The fourth-order valence-electron chi connectivity index (χ4n) is 2.20. The van der Waals surface area contributed by atoms with Gasteiger partial charge in [0.15, 0.2) is 11.6 Å². The highest BCUT2D eigenvalue weighted by Crippen LogP contribution is 2.28. The summed E-state index contributed by atoms with van der Waals surface area (Å²) >= 11 is 0. The fourth-order valence-corrected chi connectivity index (χ4v) is 2.20. The first kappa shape index (κ1) is 13.4. The minimum absolute atomic E-state index is 0.152. The lowest BCUT2D eigenvalue weighted by atomic mass is 10.2. The van der Waals surface area contributed by atoms with Crippen LogP contribution in [0.3, 0.4) is 0 Å². The number of aromatic nitrogens is 2. The molecular weight excluding hydrogens is 286 g/mol. The van der Waals surface area contributed by atoms with Crippen LogP contribution in [-0.4, -0.2) is 9.55 Å². The number of hydrogen-bond donors (Lipinski definition) is 1. The minimum atomic E-state index is -1.12. The van der Waals surface area contributed by atoms with Crippen molar-refractivity contribution >= 4 is 17.0 Å². The number of fused-ring (bicyclic) bond motifs is 1. The van der Waals surface area contributed by atoms with Crippen LogP contribution in [0.15, 0.2) is 24.3 Å². The van der Waals surface area contributed by atoms with Crippen LogP contribution in [-0.2, 0) is 0 Å². The Morgan fingerprint density at radius 3 is 2.19 bits per heavy atom. The highest BCUT2D eigenvalue weighted by molar-refractivity contribution is 5.81. The number of nitrogens with zero attached hydrogens (tertiary/aromatic N) is 2. The first-order valence-electron chi connectivity index (χ1n) is 5.97. The summed E-state index contributed by atoms with van der Waals surface area (Å²) in [4.78, 5) is 3.87. The van der Waals surface area contributed by atoms with Gasteiger partial charge >= 0.3 is 0 Å². The van der Waals surface area contributed by atoms with Crippen molar-refractivity contribution in [1.29, 1.82) is 0 Å². The van der Waals surface area contributed by atoms with E-state index in [1.54, 1.807) is 0 Å². The Morgan fingerprint density at radius 1 is 0.952 bits per heavy atom. The minimum Gasteiger partial charge on any atom is -0.369 e. The quantitative estimate of drug-likeness (QED) is 0.699. The van der Waals surface area contributed by atoms with E-state index < -0.39 is 29.0 Å². The number of anilines is 1. The van der Waals surface area contributed by atoms with Gasteiger partial charge in [-0.15, -0.1) is 0 Å². The molecule has 21 heavy (non-hydrogen) atoms. The molecule has 0 fully saturated rings. The van der Waals surface area contributed by atoms with Crippen LogP contribution in [0, 0.1) is 30.2 Å². The van der Waals surface area contributed by atoms with Crippen molar-refractivity contribution in [3.05, 3.63) is 53.1 Å². The van der Waals surface area contributed by atoms with Crippen LogP contribution in [0.5, 0.6) is 0 Å². The average Bonchev–Trinajstić information content (AvgIpc) is 2.66. The lowest BCUT2D eigenvalue weighted by Gasteiger charge is -2.09. The Kier molecular flexibility index (Phi) is 2.86. The summed E-state index contributed by atoms with van der Waals surface area (Å²) in [6.45, 7) is 1.50. The molecule has 7 heteroatoms. The maximum absolute atomic E-state index is 13.9. The molecule has 1 heterocycles. The molecule has 0 atom stereocenters. The van der Waals surface area contributed by atoms with E-state index in [2.05, 4.69) is 4.98 Å². The standard InChI is InChI=1S/C14H9F4N3/c1-6-2-12-11(5-8(6)16)20-14(19)21(12)13-9(17)3-7(15)4-10(13)18/h2-5H,1H3,(H2,19,20). The predicted octanol–water partition coefficient (Wildman–Crippen LogP) is 3.47. The van der Waals surface area contributed by atoms with E-state index in [0.29, 0.717) is 12.1 Å². The smallest absolute Gasteiger partial charge is 0.206 e. The summed E-state index contributed by atoms with van der Waals surface area (Å²) in [5, 5.41) is 0. The molecule has 2 aromatic carbocycles. The monoisotopic (exact) mass is 295 g/mol. The number of halogens is 4. The molecule has 3 rings (SSSR count). The highest BCUT2D eigenvalue weighted by Gasteiger charge is 2.19. The van der Waals surface area contributed by atoms with E-state index in [1.807, 2.05) is 0 Å². The molecule has 108 valence electrons. The Balaban J connectivity index is 2.41. The van der Waals surface area contributed by atoms with Crippen molar-refractivity contribution in [3.8, 4) is 5.69 Å². The van der Waals surface area contributed by atoms with Crippen LogP contribution in [0.4, 0.5) is 23.5 Å². The van der Waals surface area contributed by atoms with Crippen LogP contribution >= 0.6 is 0 Å². The van der Waals surface area contributed by atoms with E-state index >= 15 is 0 Å². The van der Waals surface area contributed by atoms with E-state index in [1.165, 1.54) is 13.0 Å². The number of hydrogen-bond acceptors (Lipinski definition) is 2. The third-order valence-corrected chi connectivity index (χ3v) is 3.17. The van der Waals surface area contributed by atoms with Crippen LogP contribution in [0.25, 0.3) is 16.7 Å². The zero-order valence-corrected chi connectivity index (χ0v) is 10.8. The molecule has 0 saturated heterocycles. The summed E-state index contributed by atoms with van der Waals surface area (Å²) < 4.78 is 55.3. The van der Waals surface area contributed by atoms with Gasteiger partial charge in [-0.3, -0.25) is 4.57 Å². The molecule has 0 aliphatic carbocycles. The van der Waals surface area contributed by atoms with Gasteiger partial charge in [0.05, 0.1) is 11.0 Å². The van der Waals surface area contributed by atoms with Gasteiger partial charge < -0.3 is 5.73 Å². The largest absolute Gasteiger partial charge is 0.369 e. The Bertz CT molecular complexity index is 847. The molecule has 0 unspecified atom stereocenters. The third-order valence-electron chi connectivity index (χ3n) is 3.17. The lowest BCUT2D eigenvalue weighted by molar-refractivity contribution is 0.536. The van der Waals surface area contributed by atoms with Gasteiger partial charge in [-0.1, -0.05) is 0 Å². The number of rotatable bonds is 1. The summed E-state index contributed by atoms with van der Waals surface area (Å²) in [5.74, 6) is -4.02. The first-order valence-corrected chi connectivity index (χ1v) is 5.97. The summed E-state index contributed by atoms with van der Waals surface area (Å²) in [6.07, 6.45) is 0. The molecule has 0 amide bonds. The van der Waals surface area contributed by atoms with Crippen LogP contribution in [0.2, 0.25) is 0 Å². The first-order chi connectivity index (χ1) is 9.88. The summed E-state index contributed by atoms with van der Waals surface area (Å²) in [5.41, 5.74) is 5.76. The SMILES string of the molecule is Cc1cc2c(cc1F)nc(N)n2-c1c(F)cc(F)cc1F. The van der Waals surface area contributed by atoms with E-state index in [-0.39, 0.29) is 22.5 Å². The van der Waals surface area contributed by atoms with Crippen molar-refractivity contribution in [2.24, 2.45) is 0 Å². The van der Waals surface area contributed by atoms with Crippen molar-refractivity contribution in [2.45, 2.75) is 6.92 Å². The molecule has 0 aliphatic heterocycles. The van der Waals surface area contributed by atoms with E-state index in [9.17, 15) is 17.6 Å². The molecule has 0 saturated carbocycles. The maximum Gasteiger partial charge on any atom is 0.206 e. The van der Waals surface area contributed by atoms with Crippen molar-refractivity contribution < 1.29 is 17.6 Å². The van der Waals surface area contributed by atoms with Gasteiger partial charge in [-0.2, -0.15) is 0 Å². The zero-order valence-electron chi connectivity index (χ0n) is 10.8. The molecule has 3 aromatic rings. The second-order valence-corrected chi connectivity index (χ2v) is 4.61. The molecular formula is C14H9F4N3. The van der Waals surface area contributed by atoms with Crippen molar-refractivity contribution in [1.82, 2.24) is 9.55 Å². The maximum atomic E-state index is 13.9. The molecule has 0 spiro atoms. The highest BCUT2D eigenvalue weighted by atomic mass is 19.1. The van der Waals surface area contributed by atoms with Gasteiger partial charge in [-0.05, 0) is 18.6 Å². The predicted molar refractivity (Wildman–Crippen MR) is 70.1 cm³/mol. The number of aryl methyl sites for hydroxylation is 1. The Labute approximate surface area is 116 Å². The van der Waals surface area contributed by atoms with Gasteiger partial charge in [-0.25, -0.2) is 22.5 Å². The second-order valence-electron chi connectivity index (χ2n) is 4.61. The van der Waals surface area contributed by atoms with Gasteiger partial charge in [0.1, 0.15) is 17.3 Å². The number of imidazole rings is 1. The van der Waals surface area contributed by atoms with Crippen LogP contribution < -0.4 is 5.73 Å². The molecule has 0 bridgehead atoms. The van der Waals surface area contributed by atoms with Gasteiger partial charge in [0, 0.05) is 18.2 Å². The Morgan fingerprint density at radius 2 is 1.57 bits per heavy atom. The number of benzene rings is 2. The van der Waals surface area contributed by atoms with E-state index in [0.717, 1.165) is 10.6 Å². The van der Waals surface area contributed by atoms with Gasteiger partial charge in [0.25, 0.3) is 0 Å². The molecule has 0 aliphatic rings. The normalized spacial score (nSPS) is 11.3. The van der Waals surface area contributed by atoms with Crippen molar-refractivity contribution in [2.75, 3.05) is 5.73 Å². The lowest BCUT2D eigenvalue weighted by Crippen LogP contribution is -2.06. The molecule has 1 aromatic heterocycles. The molecule has 2 N–H and O–H groups in total.